The molecule has 0 saturated carbocycles. The van der Waals surface area contributed by atoms with Crippen LogP contribution in [0.25, 0.3) is 0 Å². The Morgan fingerprint density at radius 3 is 2.60 bits per heavy atom. The summed E-state index contributed by atoms with van der Waals surface area (Å²) in [6.07, 6.45) is 0. The van der Waals surface area contributed by atoms with Gasteiger partial charge in [-0.15, -0.1) is 0 Å². The Bertz CT molecular complexity index is 327. The van der Waals surface area contributed by atoms with Crippen molar-refractivity contribution in [2.24, 2.45) is 0 Å². The van der Waals surface area contributed by atoms with Crippen LogP contribution in [0.3, 0.4) is 0 Å². The molecule has 15 heavy (non-hydrogen) atoms. The van der Waals surface area contributed by atoms with Crippen LogP contribution in [0.2, 0.25) is 0 Å². The summed E-state index contributed by atoms with van der Waals surface area (Å²) in [6.45, 7) is 1.35. The molecule has 6 N–H and O–H groups in total. The predicted molar refractivity (Wildman–Crippen MR) is 64.2 cm³/mol. The number of hydrogen-bond donors (Lipinski definition) is 4. The van der Waals surface area contributed by atoms with Gasteiger partial charge in [0, 0.05) is 25.3 Å². The number of rotatable bonds is 5. The number of likely N-dealkylation sites (N-methyl/N-ethyl adjacent to an activating group) is 1. The molecule has 0 aliphatic carbocycles. The third-order valence-electron chi connectivity index (χ3n) is 2.01. The van der Waals surface area contributed by atoms with Gasteiger partial charge in [0.2, 0.25) is 0 Å². The first-order valence-electron chi connectivity index (χ1n) is 4.83. The summed E-state index contributed by atoms with van der Waals surface area (Å²) >= 11 is 0. The molecule has 0 saturated heterocycles. The minimum atomic E-state index is 0.577. The minimum Gasteiger partial charge on any atom is -0.490 e. The fraction of sp³-hybridized carbons (Fsp3) is 0.400. The molecule has 1 rings (SSSR count). The number of nitrogens with two attached hydrogens (primary N) is 2. The Labute approximate surface area is 89.8 Å². The first-order chi connectivity index (χ1) is 7.19. The van der Waals surface area contributed by atoms with Crippen LogP contribution in [0.1, 0.15) is 0 Å². The zero-order valence-electron chi connectivity index (χ0n) is 9.13. The molecule has 5 heteroatoms. The Morgan fingerprint density at radius 1 is 1.27 bits per heavy atom. The molecule has 0 bridgehead atoms. The minimum absolute atomic E-state index is 0.577. The summed E-state index contributed by atoms with van der Waals surface area (Å²) in [5.74, 6) is 0.685. The molecule has 0 heterocycles. The highest BCUT2D eigenvalue weighted by atomic mass is 16.5. The van der Waals surface area contributed by atoms with Gasteiger partial charge < -0.3 is 26.8 Å². The van der Waals surface area contributed by atoms with E-state index < -0.39 is 0 Å². The van der Waals surface area contributed by atoms with E-state index in [1.54, 1.807) is 19.2 Å². The van der Waals surface area contributed by atoms with E-state index in [2.05, 4.69) is 10.6 Å². The van der Waals surface area contributed by atoms with Crippen LogP contribution in [0.5, 0.6) is 5.75 Å². The first-order valence-corrected chi connectivity index (χ1v) is 4.83. The molecule has 1 aromatic rings. The van der Waals surface area contributed by atoms with Crippen molar-refractivity contribution < 1.29 is 4.74 Å². The van der Waals surface area contributed by atoms with Gasteiger partial charge in [-0.05, 0) is 13.1 Å². The Morgan fingerprint density at radius 2 is 2.00 bits per heavy atom. The van der Waals surface area contributed by atoms with Gasteiger partial charge in [0.15, 0.2) is 0 Å². The molecular weight excluding hydrogens is 192 g/mol. The monoisotopic (exact) mass is 210 g/mol. The summed E-state index contributed by atoms with van der Waals surface area (Å²) < 4.78 is 5.55. The van der Waals surface area contributed by atoms with E-state index in [1.807, 2.05) is 7.05 Å². The molecule has 0 amide bonds. The van der Waals surface area contributed by atoms with Crippen molar-refractivity contribution in [1.82, 2.24) is 5.32 Å². The lowest BCUT2D eigenvalue weighted by Crippen LogP contribution is -2.16. The van der Waals surface area contributed by atoms with Crippen molar-refractivity contribution in [2.45, 2.75) is 0 Å². The third kappa shape index (κ3) is 2.92. The van der Waals surface area contributed by atoms with Crippen LogP contribution < -0.4 is 26.8 Å². The molecule has 0 fully saturated rings. The second-order valence-electron chi connectivity index (χ2n) is 3.19. The van der Waals surface area contributed by atoms with Gasteiger partial charge in [-0.2, -0.15) is 0 Å². The van der Waals surface area contributed by atoms with E-state index in [0.29, 0.717) is 23.7 Å². The van der Waals surface area contributed by atoms with Gasteiger partial charge >= 0.3 is 0 Å². The summed E-state index contributed by atoms with van der Waals surface area (Å²) in [6, 6.07) is 3.47. The molecule has 0 atom stereocenters. The summed E-state index contributed by atoms with van der Waals surface area (Å²) in [7, 11) is 3.67. The van der Waals surface area contributed by atoms with Gasteiger partial charge in [0.05, 0.1) is 11.4 Å². The lowest BCUT2D eigenvalue weighted by atomic mass is 10.2. The zero-order chi connectivity index (χ0) is 11.3. The normalized spacial score (nSPS) is 10.0. The number of anilines is 3. The van der Waals surface area contributed by atoms with Crippen molar-refractivity contribution in [3.8, 4) is 5.75 Å². The maximum Gasteiger partial charge on any atom is 0.146 e. The van der Waals surface area contributed by atoms with Gasteiger partial charge in [-0.3, -0.25) is 0 Å². The van der Waals surface area contributed by atoms with Crippen molar-refractivity contribution in [3.05, 3.63) is 12.1 Å². The van der Waals surface area contributed by atoms with Crippen molar-refractivity contribution in [3.63, 3.8) is 0 Å². The van der Waals surface area contributed by atoms with E-state index in [-0.39, 0.29) is 0 Å². The number of hydrogen-bond acceptors (Lipinski definition) is 5. The van der Waals surface area contributed by atoms with Crippen molar-refractivity contribution >= 4 is 17.1 Å². The molecule has 84 valence electrons. The van der Waals surface area contributed by atoms with E-state index in [4.69, 9.17) is 16.2 Å². The fourth-order valence-corrected chi connectivity index (χ4v) is 1.30. The average Bonchev–Trinajstić information content (AvgIpc) is 2.17. The highest BCUT2D eigenvalue weighted by molar-refractivity contribution is 5.77. The maximum atomic E-state index is 5.80. The van der Waals surface area contributed by atoms with Gasteiger partial charge in [0.25, 0.3) is 0 Å². The topological polar surface area (TPSA) is 85.3 Å². The second kappa shape index (κ2) is 5.31. The van der Waals surface area contributed by atoms with Crippen molar-refractivity contribution in [1.29, 1.82) is 0 Å². The predicted octanol–water partition coefficient (Wildman–Crippen LogP) is 0.491. The molecule has 1 aromatic carbocycles. The molecule has 0 aromatic heterocycles. The average molecular weight is 210 g/mol. The third-order valence-corrected chi connectivity index (χ3v) is 2.01. The SMILES string of the molecule is CNCCOc1cc(N)cc(N)c1NC. The number of ether oxygens (including phenoxy) is 1. The molecule has 0 spiro atoms. The van der Waals surface area contributed by atoms with Crippen LogP contribution in [-0.2, 0) is 0 Å². The van der Waals surface area contributed by atoms with Gasteiger partial charge in [-0.25, -0.2) is 0 Å². The summed E-state index contributed by atoms with van der Waals surface area (Å²) in [4.78, 5) is 0. The lowest BCUT2D eigenvalue weighted by Gasteiger charge is -2.14. The Balaban J connectivity index is 2.84. The number of nitrogen functional groups attached to an aromatic ring is 2. The highest BCUT2D eigenvalue weighted by Crippen LogP contribution is 2.32. The molecule has 0 aliphatic rings. The van der Waals surface area contributed by atoms with E-state index in [9.17, 15) is 0 Å². The quantitative estimate of drug-likeness (QED) is 0.420. The van der Waals surface area contributed by atoms with E-state index in [1.165, 1.54) is 0 Å². The zero-order valence-corrected chi connectivity index (χ0v) is 9.13. The van der Waals surface area contributed by atoms with Crippen molar-refractivity contribution in [2.75, 3.05) is 44.0 Å². The van der Waals surface area contributed by atoms with E-state index >= 15 is 0 Å². The molecule has 0 radical (unpaired) electrons. The van der Waals surface area contributed by atoms with Crippen LogP contribution >= 0.6 is 0 Å². The smallest absolute Gasteiger partial charge is 0.146 e. The largest absolute Gasteiger partial charge is 0.490 e. The Hall–Kier alpha value is -1.62. The Kier molecular flexibility index (Phi) is 4.05. The fourth-order valence-electron chi connectivity index (χ4n) is 1.30. The maximum absolute atomic E-state index is 5.80. The van der Waals surface area contributed by atoms with Gasteiger partial charge in [-0.1, -0.05) is 0 Å². The standard InChI is InChI=1S/C10H18N4O/c1-13-3-4-15-9-6-7(11)5-8(12)10(9)14-2/h5-6,13-14H,3-4,11-12H2,1-2H3. The van der Waals surface area contributed by atoms with Crippen LogP contribution in [0.15, 0.2) is 12.1 Å². The van der Waals surface area contributed by atoms with Crippen LogP contribution in [-0.4, -0.2) is 27.2 Å². The summed E-state index contributed by atoms with van der Waals surface area (Å²) in [5, 5.41) is 5.99. The van der Waals surface area contributed by atoms with Gasteiger partial charge in [0.1, 0.15) is 12.4 Å². The molecule has 5 nitrogen and oxygen atoms in total. The van der Waals surface area contributed by atoms with Crippen LogP contribution in [0.4, 0.5) is 17.1 Å². The number of benzene rings is 1. The molecular formula is C10H18N4O. The molecule has 0 aliphatic heterocycles. The molecule has 0 unspecified atom stereocenters. The van der Waals surface area contributed by atoms with Crippen LogP contribution in [0, 0.1) is 0 Å². The highest BCUT2D eigenvalue weighted by Gasteiger charge is 2.07. The lowest BCUT2D eigenvalue weighted by molar-refractivity contribution is 0.320. The number of nitrogens with one attached hydrogen (secondary N) is 2. The van der Waals surface area contributed by atoms with E-state index in [0.717, 1.165) is 12.2 Å². The first kappa shape index (κ1) is 11.5. The summed E-state index contributed by atoms with van der Waals surface area (Å²) in [5.41, 5.74) is 13.5. The second-order valence-corrected chi connectivity index (χ2v) is 3.19.